The van der Waals surface area contributed by atoms with E-state index in [0.29, 0.717) is 6.61 Å². The fourth-order valence-electron chi connectivity index (χ4n) is 3.88. The zero-order chi connectivity index (χ0) is 20.5. The molecule has 0 bridgehead atoms. The monoisotopic (exact) mass is 395 g/mol. The fraction of sp³-hybridized carbons (Fsp3) is 0.458. The lowest BCUT2D eigenvalue weighted by atomic mass is 9.74. The van der Waals surface area contributed by atoms with E-state index in [1.54, 1.807) is 0 Å². The summed E-state index contributed by atoms with van der Waals surface area (Å²) in [6, 6.07) is 17.1. The number of ether oxygens (including phenoxy) is 2. The van der Waals surface area contributed by atoms with Crippen molar-refractivity contribution in [3.05, 3.63) is 65.2 Å². The lowest BCUT2D eigenvalue weighted by Crippen LogP contribution is -2.47. The van der Waals surface area contributed by atoms with E-state index in [9.17, 15) is 0 Å². The molecule has 0 radical (unpaired) electrons. The third-order valence-corrected chi connectivity index (χ3v) is 5.59. The summed E-state index contributed by atoms with van der Waals surface area (Å²) in [5, 5.41) is 6.99. The Morgan fingerprint density at radius 1 is 1.10 bits per heavy atom. The molecule has 2 aromatic carbocycles. The van der Waals surface area contributed by atoms with Crippen LogP contribution in [0.25, 0.3) is 0 Å². The van der Waals surface area contributed by atoms with Crippen LogP contribution in [0.2, 0.25) is 0 Å². The largest absolute Gasteiger partial charge is 0.494 e. The number of aliphatic imine (C=N–C) groups is 1. The van der Waals surface area contributed by atoms with Crippen molar-refractivity contribution in [2.24, 2.45) is 4.99 Å². The van der Waals surface area contributed by atoms with E-state index in [1.165, 1.54) is 16.7 Å². The number of benzene rings is 2. The smallest absolute Gasteiger partial charge is 0.191 e. The maximum atomic E-state index is 5.66. The highest BCUT2D eigenvalue weighted by Crippen LogP contribution is 2.35. The van der Waals surface area contributed by atoms with Gasteiger partial charge in [-0.3, -0.25) is 4.99 Å². The van der Waals surface area contributed by atoms with Crippen LogP contribution in [0, 0.1) is 6.92 Å². The zero-order valence-corrected chi connectivity index (χ0v) is 17.8. The van der Waals surface area contributed by atoms with Crippen LogP contribution in [0.5, 0.6) is 5.75 Å². The van der Waals surface area contributed by atoms with Crippen molar-refractivity contribution in [1.82, 2.24) is 10.6 Å². The lowest BCUT2D eigenvalue weighted by molar-refractivity contribution is 0.0513. The second-order valence-electron chi connectivity index (χ2n) is 7.62. The van der Waals surface area contributed by atoms with Gasteiger partial charge in [0.15, 0.2) is 5.96 Å². The molecule has 0 spiro atoms. The number of rotatable bonds is 7. The Morgan fingerprint density at radius 3 is 2.52 bits per heavy atom. The fourth-order valence-corrected chi connectivity index (χ4v) is 3.88. The third kappa shape index (κ3) is 5.73. The minimum Gasteiger partial charge on any atom is -0.494 e. The summed E-state index contributed by atoms with van der Waals surface area (Å²) < 4.78 is 11.3. The van der Waals surface area contributed by atoms with Crippen LogP contribution >= 0.6 is 0 Å². The Morgan fingerprint density at radius 2 is 1.86 bits per heavy atom. The molecular weight excluding hydrogens is 362 g/mol. The van der Waals surface area contributed by atoms with Crippen molar-refractivity contribution in [3.63, 3.8) is 0 Å². The Hall–Kier alpha value is -2.53. The molecule has 0 aliphatic carbocycles. The quantitative estimate of drug-likeness (QED) is 0.553. The van der Waals surface area contributed by atoms with Crippen molar-refractivity contribution in [3.8, 4) is 5.75 Å². The highest BCUT2D eigenvalue weighted by molar-refractivity contribution is 5.79. The molecule has 29 heavy (non-hydrogen) atoms. The first-order valence-corrected chi connectivity index (χ1v) is 10.5. The molecule has 1 aliphatic heterocycles. The van der Waals surface area contributed by atoms with Gasteiger partial charge in [-0.1, -0.05) is 42.0 Å². The molecule has 1 fully saturated rings. The maximum Gasteiger partial charge on any atom is 0.191 e. The number of hydrogen-bond donors (Lipinski definition) is 2. The van der Waals surface area contributed by atoms with Gasteiger partial charge >= 0.3 is 0 Å². The van der Waals surface area contributed by atoms with Gasteiger partial charge in [0.1, 0.15) is 5.75 Å². The first-order valence-electron chi connectivity index (χ1n) is 10.5. The van der Waals surface area contributed by atoms with Gasteiger partial charge in [0.25, 0.3) is 0 Å². The molecule has 1 heterocycles. The SMILES string of the molecule is CCOc1ccc(C2(CNC(=NC)NCc3cccc(C)c3)CCOCC2)cc1. The number of guanidine groups is 1. The molecular formula is C24H33N3O2. The van der Waals surface area contributed by atoms with Crippen molar-refractivity contribution in [2.75, 3.05) is 33.4 Å². The summed E-state index contributed by atoms with van der Waals surface area (Å²) in [6.45, 7) is 7.94. The molecule has 1 saturated heterocycles. The highest BCUT2D eigenvalue weighted by Gasteiger charge is 2.34. The molecule has 5 nitrogen and oxygen atoms in total. The van der Waals surface area contributed by atoms with E-state index in [-0.39, 0.29) is 5.41 Å². The van der Waals surface area contributed by atoms with Crippen LogP contribution in [0.3, 0.4) is 0 Å². The molecule has 5 heteroatoms. The molecule has 2 aromatic rings. The summed E-state index contributed by atoms with van der Waals surface area (Å²) in [5.74, 6) is 1.74. The second-order valence-corrected chi connectivity index (χ2v) is 7.62. The minimum atomic E-state index is 0.0317. The average Bonchev–Trinajstić information content (AvgIpc) is 2.75. The lowest BCUT2D eigenvalue weighted by Gasteiger charge is -2.38. The van der Waals surface area contributed by atoms with Gasteiger partial charge in [0.2, 0.25) is 0 Å². The molecule has 156 valence electrons. The first kappa shape index (κ1) is 21.2. The molecule has 1 aliphatic rings. The summed E-state index contributed by atoms with van der Waals surface area (Å²) in [4.78, 5) is 4.42. The van der Waals surface area contributed by atoms with E-state index in [4.69, 9.17) is 9.47 Å². The van der Waals surface area contributed by atoms with Gasteiger partial charge < -0.3 is 20.1 Å². The van der Waals surface area contributed by atoms with Crippen LogP contribution < -0.4 is 15.4 Å². The van der Waals surface area contributed by atoms with Gasteiger partial charge in [0, 0.05) is 38.8 Å². The minimum absolute atomic E-state index is 0.0317. The molecule has 0 atom stereocenters. The topological polar surface area (TPSA) is 54.9 Å². The Balaban J connectivity index is 1.66. The van der Waals surface area contributed by atoms with Crippen molar-refractivity contribution >= 4 is 5.96 Å². The Kier molecular flexibility index (Phi) is 7.53. The molecule has 0 unspecified atom stereocenters. The van der Waals surface area contributed by atoms with Crippen LogP contribution in [-0.2, 0) is 16.7 Å². The van der Waals surface area contributed by atoms with E-state index in [0.717, 1.165) is 50.9 Å². The molecule has 2 N–H and O–H groups in total. The van der Waals surface area contributed by atoms with E-state index < -0.39 is 0 Å². The summed E-state index contributed by atoms with van der Waals surface area (Å²) >= 11 is 0. The van der Waals surface area contributed by atoms with Gasteiger partial charge in [-0.2, -0.15) is 0 Å². The van der Waals surface area contributed by atoms with Crippen molar-refractivity contribution in [2.45, 2.75) is 38.6 Å². The molecule has 3 rings (SSSR count). The molecule has 0 aromatic heterocycles. The Labute approximate surface area is 174 Å². The van der Waals surface area contributed by atoms with Crippen LogP contribution in [0.1, 0.15) is 36.5 Å². The maximum absolute atomic E-state index is 5.66. The normalized spacial score (nSPS) is 16.3. The van der Waals surface area contributed by atoms with Crippen molar-refractivity contribution in [1.29, 1.82) is 0 Å². The molecule has 0 saturated carbocycles. The van der Waals surface area contributed by atoms with Crippen LogP contribution in [0.4, 0.5) is 0 Å². The standard InChI is InChI=1S/C24H33N3O2/c1-4-29-22-10-8-21(9-11-22)24(12-14-28-15-13-24)18-27-23(25-3)26-17-20-7-5-6-19(2)16-20/h5-11,16H,4,12-15,17-18H2,1-3H3,(H2,25,26,27). The number of aryl methyl sites for hydroxylation is 1. The number of nitrogens with one attached hydrogen (secondary N) is 2. The first-order chi connectivity index (χ1) is 14.1. The van der Waals surface area contributed by atoms with E-state index in [2.05, 4.69) is 71.1 Å². The second kappa shape index (κ2) is 10.3. The predicted octanol–water partition coefficient (Wildman–Crippen LogP) is 3.81. The number of hydrogen-bond acceptors (Lipinski definition) is 3. The van der Waals surface area contributed by atoms with Gasteiger partial charge in [-0.15, -0.1) is 0 Å². The average molecular weight is 396 g/mol. The highest BCUT2D eigenvalue weighted by atomic mass is 16.5. The van der Waals surface area contributed by atoms with E-state index in [1.807, 2.05) is 14.0 Å². The summed E-state index contributed by atoms with van der Waals surface area (Å²) in [6.07, 6.45) is 1.98. The zero-order valence-electron chi connectivity index (χ0n) is 17.8. The summed E-state index contributed by atoms with van der Waals surface area (Å²) in [7, 11) is 1.82. The third-order valence-electron chi connectivity index (χ3n) is 5.59. The number of nitrogens with zero attached hydrogens (tertiary/aromatic N) is 1. The van der Waals surface area contributed by atoms with Gasteiger partial charge in [-0.05, 0) is 49.9 Å². The molecule has 0 amide bonds. The van der Waals surface area contributed by atoms with Crippen LogP contribution in [0.15, 0.2) is 53.5 Å². The van der Waals surface area contributed by atoms with Gasteiger partial charge in [0.05, 0.1) is 6.61 Å². The Bertz CT molecular complexity index is 796. The van der Waals surface area contributed by atoms with Gasteiger partial charge in [-0.25, -0.2) is 0 Å². The van der Waals surface area contributed by atoms with Crippen molar-refractivity contribution < 1.29 is 9.47 Å². The van der Waals surface area contributed by atoms with E-state index >= 15 is 0 Å². The summed E-state index contributed by atoms with van der Waals surface area (Å²) in [5.41, 5.74) is 3.87. The predicted molar refractivity (Wildman–Crippen MR) is 119 cm³/mol. The van der Waals surface area contributed by atoms with Crippen LogP contribution in [-0.4, -0.2) is 39.4 Å².